The van der Waals surface area contributed by atoms with Crippen molar-refractivity contribution in [1.29, 1.82) is 0 Å². The molecule has 0 saturated carbocycles. The fourth-order valence-corrected chi connectivity index (χ4v) is 1.84. The van der Waals surface area contributed by atoms with Crippen LogP contribution < -0.4 is 0 Å². The molecule has 0 aliphatic heterocycles. The van der Waals surface area contributed by atoms with Gasteiger partial charge >= 0.3 is 5.97 Å². The van der Waals surface area contributed by atoms with Gasteiger partial charge in [0.1, 0.15) is 5.78 Å². The van der Waals surface area contributed by atoms with Gasteiger partial charge in [0.05, 0.1) is 19.2 Å². The van der Waals surface area contributed by atoms with Gasteiger partial charge in [-0.3, -0.25) is 14.4 Å². The van der Waals surface area contributed by atoms with Crippen LogP contribution in [0.25, 0.3) is 0 Å². The summed E-state index contributed by atoms with van der Waals surface area (Å²) in [7, 11) is 1.28. The van der Waals surface area contributed by atoms with Crippen LogP contribution in [0.5, 0.6) is 0 Å². The Labute approximate surface area is 112 Å². The van der Waals surface area contributed by atoms with Crippen molar-refractivity contribution in [1.82, 2.24) is 4.98 Å². The van der Waals surface area contributed by atoms with Crippen molar-refractivity contribution in [3.05, 3.63) is 23.5 Å². The zero-order valence-corrected chi connectivity index (χ0v) is 11.5. The molecule has 0 aliphatic rings. The molecule has 0 amide bonds. The summed E-state index contributed by atoms with van der Waals surface area (Å²) in [5, 5.41) is 0. The van der Waals surface area contributed by atoms with E-state index in [1.807, 2.05) is 13.0 Å². The van der Waals surface area contributed by atoms with Gasteiger partial charge in [-0.1, -0.05) is 0 Å². The third-order valence-corrected chi connectivity index (χ3v) is 3.07. The number of ketones is 2. The number of Topliss-reactive ketones (excluding diaryl/α,β-unsaturated/α-hetero) is 2. The fourth-order valence-electron chi connectivity index (χ4n) is 1.84. The molecule has 0 aromatic carbocycles. The summed E-state index contributed by atoms with van der Waals surface area (Å²) in [6.45, 7) is 3.29. The third-order valence-electron chi connectivity index (χ3n) is 3.07. The van der Waals surface area contributed by atoms with Crippen molar-refractivity contribution < 1.29 is 19.1 Å². The molecule has 0 fully saturated rings. The minimum Gasteiger partial charge on any atom is -0.469 e. The molecule has 1 atom stereocenters. The van der Waals surface area contributed by atoms with Crippen molar-refractivity contribution in [3.63, 3.8) is 0 Å². The quantitative estimate of drug-likeness (QED) is 0.604. The van der Waals surface area contributed by atoms with Crippen molar-refractivity contribution in [2.75, 3.05) is 7.11 Å². The van der Waals surface area contributed by atoms with Crippen LogP contribution in [0.1, 0.15) is 42.4 Å². The van der Waals surface area contributed by atoms with Crippen LogP contribution in [0.3, 0.4) is 0 Å². The van der Waals surface area contributed by atoms with Crippen molar-refractivity contribution in [3.8, 4) is 0 Å². The maximum atomic E-state index is 11.9. The minimum absolute atomic E-state index is 0.0306. The average Bonchev–Trinajstić information content (AvgIpc) is 2.80. The minimum atomic E-state index is -0.451. The lowest BCUT2D eigenvalue weighted by Crippen LogP contribution is -2.18. The number of aryl methyl sites for hydroxylation is 1. The van der Waals surface area contributed by atoms with Crippen LogP contribution in [0.4, 0.5) is 0 Å². The predicted octanol–water partition coefficient (Wildman–Crippen LogP) is 2.05. The Kier molecular flexibility index (Phi) is 5.48. The standard InChI is InChI=1S/C14H19NO4/c1-9-4-6-12(15-9)13(17)7-5-11(10(2)16)8-14(18)19-3/h4,6,11,15H,5,7-8H2,1-3H3. The highest BCUT2D eigenvalue weighted by molar-refractivity contribution is 5.95. The highest BCUT2D eigenvalue weighted by atomic mass is 16.5. The van der Waals surface area contributed by atoms with Gasteiger partial charge in [-0.15, -0.1) is 0 Å². The SMILES string of the molecule is COC(=O)CC(CCC(=O)c1ccc(C)[nH]1)C(C)=O. The Morgan fingerprint density at radius 3 is 2.47 bits per heavy atom. The summed E-state index contributed by atoms with van der Waals surface area (Å²) in [5.74, 6) is -1.03. The maximum Gasteiger partial charge on any atom is 0.306 e. The lowest BCUT2D eigenvalue weighted by molar-refractivity contribution is -0.143. The van der Waals surface area contributed by atoms with Crippen LogP contribution in [0.2, 0.25) is 0 Å². The first-order valence-electron chi connectivity index (χ1n) is 6.20. The van der Waals surface area contributed by atoms with Crippen LogP contribution >= 0.6 is 0 Å². The number of hydrogen-bond donors (Lipinski definition) is 1. The monoisotopic (exact) mass is 265 g/mol. The lowest BCUT2D eigenvalue weighted by Gasteiger charge is -2.11. The van der Waals surface area contributed by atoms with E-state index in [0.29, 0.717) is 12.1 Å². The van der Waals surface area contributed by atoms with Crippen LogP contribution in [-0.4, -0.2) is 29.6 Å². The van der Waals surface area contributed by atoms with Crippen molar-refractivity contribution in [2.24, 2.45) is 5.92 Å². The first-order chi connectivity index (χ1) is 8.93. The molecule has 1 unspecified atom stereocenters. The first kappa shape index (κ1) is 15.1. The smallest absolute Gasteiger partial charge is 0.306 e. The molecule has 0 saturated heterocycles. The molecule has 1 aromatic rings. The van der Waals surface area contributed by atoms with Gasteiger partial charge < -0.3 is 9.72 Å². The molecular formula is C14H19NO4. The topological polar surface area (TPSA) is 76.2 Å². The van der Waals surface area contributed by atoms with E-state index in [0.717, 1.165) is 5.69 Å². The van der Waals surface area contributed by atoms with Crippen LogP contribution in [0.15, 0.2) is 12.1 Å². The highest BCUT2D eigenvalue weighted by Gasteiger charge is 2.20. The number of hydrogen-bond acceptors (Lipinski definition) is 4. The largest absolute Gasteiger partial charge is 0.469 e. The van der Waals surface area contributed by atoms with E-state index in [9.17, 15) is 14.4 Å². The third kappa shape index (κ3) is 4.69. The Bertz CT molecular complexity index is 476. The molecule has 0 bridgehead atoms. The second kappa shape index (κ2) is 6.87. The molecule has 5 heteroatoms. The zero-order chi connectivity index (χ0) is 14.4. The average molecular weight is 265 g/mol. The number of aromatic nitrogens is 1. The van der Waals surface area contributed by atoms with Gasteiger partial charge in [0.25, 0.3) is 0 Å². The number of methoxy groups -OCH3 is 1. The summed E-state index contributed by atoms with van der Waals surface area (Å²) in [4.78, 5) is 37.4. The Morgan fingerprint density at radius 2 is 2.00 bits per heavy atom. The summed E-state index contributed by atoms with van der Waals surface area (Å²) in [6.07, 6.45) is 0.630. The number of ether oxygens (including phenoxy) is 1. The van der Waals surface area contributed by atoms with E-state index in [1.165, 1.54) is 14.0 Å². The molecule has 19 heavy (non-hydrogen) atoms. The van der Waals surface area contributed by atoms with E-state index >= 15 is 0 Å². The Balaban J connectivity index is 2.54. The summed E-state index contributed by atoms with van der Waals surface area (Å²) >= 11 is 0. The molecule has 1 aromatic heterocycles. The Hall–Kier alpha value is -1.91. The molecule has 1 N–H and O–H groups in total. The van der Waals surface area contributed by atoms with Crippen molar-refractivity contribution >= 4 is 17.5 Å². The summed E-state index contributed by atoms with van der Waals surface area (Å²) in [5.41, 5.74) is 1.46. The van der Waals surface area contributed by atoms with E-state index < -0.39 is 11.9 Å². The van der Waals surface area contributed by atoms with Gasteiger partial charge in [-0.25, -0.2) is 0 Å². The maximum absolute atomic E-state index is 11.9. The summed E-state index contributed by atoms with van der Waals surface area (Å²) < 4.78 is 4.54. The highest BCUT2D eigenvalue weighted by Crippen LogP contribution is 2.16. The van der Waals surface area contributed by atoms with E-state index in [1.54, 1.807) is 6.07 Å². The number of carbonyl (C=O) groups excluding carboxylic acids is 3. The fraction of sp³-hybridized carbons (Fsp3) is 0.500. The number of H-pyrrole nitrogens is 1. The number of carbonyl (C=O) groups is 3. The lowest BCUT2D eigenvalue weighted by atomic mass is 9.94. The molecule has 1 heterocycles. The van der Waals surface area contributed by atoms with E-state index in [-0.39, 0.29) is 24.4 Å². The predicted molar refractivity (Wildman–Crippen MR) is 69.9 cm³/mol. The second-order valence-electron chi connectivity index (χ2n) is 4.60. The Morgan fingerprint density at radius 1 is 1.32 bits per heavy atom. The number of rotatable bonds is 7. The molecule has 0 radical (unpaired) electrons. The van der Waals surface area contributed by atoms with Gasteiger partial charge in [-0.05, 0) is 32.4 Å². The molecule has 5 nitrogen and oxygen atoms in total. The van der Waals surface area contributed by atoms with E-state index in [2.05, 4.69) is 9.72 Å². The second-order valence-corrected chi connectivity index (χ2v) is 4.60. The molecule has 0 spiro atoms. The molecule has 104 valence electrons. The molecule has 1 rings (SSSR count). The van der Waals surface area contributed by atoms with Gasteiger partial charge in [0.2, 0.25) is 0 Å². The molecule has 0 aliphatic carbocycles. The van der Waals surface area contributed by atoms with Crippen LogP contribution in [0, 0.1) is 12.8 Å². The van der Waals surface area contributed by atoms with Gasteiger partial charge in [-0.2, -0.15) is 0 Å². The van der Waals surface area contributed by atoms with Gasteiger partial charge in [0.15, 0.2) is 5.78 Å². The number of esters is 1. The normalized spacial score (nSPS) is 11.9. The van der Waals surface area contributed by atoms with Crippen LogP contribution in [-0.2, 0) is 14.3 Å². The number of nitrogens with one attached hydrogen (secondary N) is 1. The van der Waals surface area contributed by atoms with E-state index in [4.69, 9.17) is 0 Å². The molecular weight excluding hydrogens is 246 g/mol. The first-order valence-corrected chi connectivity index (χ1v) is 6.20. The van der Waals surface area contributed by atoms with Gasteiger partial charge in [0, 0.05) is 18.0 Å². The summed E-state index contributed by atoms with van der Waals surface area (Å²) in [6, 6.07) is 3.55. The van der Waals surface area contributed by atoms with Crippen molar-refractivity contribution in [2.45, 2.75) is 33.1 Å². The number of aromatic amines is 1. The zero-order valence-electron chi connectivity index (χ0n) is 11.5.